The molecule has 1 unspecified atom stereocenters. The number of benzene rings is 1. The highest BCUT2D eigenvalue weighted by Crippen LogP contribution is 2.37. The second-order valence-electron chi connectivity index (χ2n) is 6.11. The van der Waals surface area contributed by atoms with Gasteiger partial charge >= 0.3 is 0 Å². The van der Waals surface area contributed by atoms with Crippen LogP contribution < -0.4 is 10.1 Å². The van der Waals surface area contributed by atoms with Crippen molar-refractivity contribution in [2.24, 2.45) is 5.92 Å². The first kappa shape index (κ1) is 12.9. The molecule has 2 fully saturated rings. The fourth-order valence-electron chi connectivity index (χ4n) is 3.05. The van der Waals surface area contributed by atoms with Crippen LogP contribution >= 0.6 is 0 Å². The number of hydrogen-bond donors (Lipinski definition) is 1. The minimum Gasteiger partial charge on any atom is -0.493 e. The molecule has 1 N–H and O–H groups in total. The van der Waals surface area contributed by atoms with Crippen LogP contribution in [0.4, 0.5) is 4.39 Å². The highest BCUT2D eigenvalue weighted by molar-refractivity contribution is 5.40. The van der Waals surface area contributed by atoms with Crippen LogP contribution in [0, 0.1) is 11.7 Å². The summed E-state index contributed by atoms with van der Waals surface area (Å²) in [5.74, 6) is 1.37. The Kier molecular flexibility index (Phi) is 3.48. The molecule has 1 heterocycles. The van der Waals surface area contributed by atoms with Crippen molar-refractivity contribution in [1.82, 2.24) is 5.32 Å². The van der Waals surface area contributed by atoms with Crippen molar-refractivity contribution >= 4 is 0 Å². The molecule has 1 aromatic carbocycles. The van der Waals surface area contributed by atoms with E-state index in [4.69, 9.17) is 4.74 Å². The molecule has 1 saturated heterocycles. The predicted molar refractivity (Wildman–Crippen MR) is 73.8 cm³/mol. The van der Waals surface area contributed by atoms with E-state index in [1.54, 1.807) is 12.1 Å². The normalized spacial score (nSPS) is 27.3. The molecular weight excluding hydrogens is 241 g/mol. The fraction of sp³-hybridized carbons (Fsp3) is 0.625. The molecular formula is C16H22FNO. The quantitative estimate of drug-likeness (QED) is 0.896. The summed E-state index contributed by atoms with van der Waals surface area (Å²) in [6.07, 6.45) is 6.03. The van der Waals surface area contributed by atoms with E-state index in [1.165, 1.54) is 25.3 Å². The Labute approximate surface area is 114 Å². The molecule has 2 aliphatic rings. The van der Waals surface area contributed by atoms with Gasteiger partial charge in [-0.15, -0.1) is 0 Å². The van der Waals surface area contributed by atoms with Gasteiger partial charge in [0.2, 0.25) is 0 Å². The molecule has 0 radical (unpaired) electrons. The minimum atomic E-state index is -0.180. The maximum absolute atomic E-state index is 13.6. The molecule has 104 valence electrons. The average Bonchev–Trinajstić information content (AvgIpc) is 2.77. The maximum atomic E-state index is 13.6. The zero-order chi connectivity index (χ0) is 13.3. The van der Waals surface area contributed by atoms with E-state index >= 15 is 0 Å². The van der Waals surface area contributed by atoms with Gasteiger partial charge in [0.15, 0.2) is 0 Å². The number of halogens is 1. The lowest BCUT2D eigenvalue weighted by Crippen LogP contribution is -2.34. The number of hydrogen-bond acceptors (Lipinski definition) is 2. The average molecular weight is 263 g/mol. The van der Waals surface area contributed by atoms with Gasteiger partial charge in [-0.3, -0.25) is 0 Å². The third kappa shape index (κ3) is 2.62. The highest BCUT2D eigenvalue weighted by atomic mass is 19.1. The maximum Gasteiger partial charge on any atom is 0.124 e. The van der Waals surface area contributed by atoms with Crippen molar-refractivity contribution in [3.63, 3.8) is 0 Å². The third-order valence-electron chi connectivity index (χ3n) is 4.60. The molecule has 0 bridgehead atoms. The first-order valence-electron chi connectivity index (χ1n) is 7.35. The van der Waals surface area contributed by atoms with Crippen molar-refractivity contribution in [2.45, 2.75) is 44.6 Å². The minimum absolute atomic E-state index is 0.142. The van der Waals surface area contributed by atoms with Crippen LogP contribution in [0.5, 0.6) is 5.75 Å². The molecule has 0 amide bonds. The van der Waals surface area contributed by atoms with Gasteiger partial charge < -0.3 is 10.1 Å². The lowest BCUT2D eigenvalue weighted by molar-refractivity contribution is 0.177. The van der Waals surface area contributed by atoms with Crippen LogP contribution in [0.1, 0.15) is 44.6 Å². The topological polar surface area (TPSA) is 21.3 Å². The summed E-state index contributed by atoms with van der Waals surface area (Å²) in [4.78, 5) is 0. The fourth-order valence-corrected chi connectivity index (χ4v) is 3.05. The van der Waals surface area contributed by atoms with Gasteiger partial charge in [0.05, 0.1) is 6.61 Å². The second-order valence-corrected chi connectivity index (χ2v) is 6.11. The van der Waals surface area contributed by atoms with Gasteiger partial charge in [-0.25, -0.2) is 4.39 Å². The van der Waals surface area contributed by atoms with Gasteiger partial charge in [0, 0.05) is 11.1 Å². The number of ether oxygens (including phenoxy) is 1. The van der Waals surface area contributed by atoms with Gasteiger partial charge in [-0.05, 0) is 63.3 Å². The van der Waals surface area contributed by atoms with Gasteiger partial charge in [-0.1, -0.05) is 6.42 Å². The number of rotatable bonds is 4. The Hall–Kier alpha value is -1.09. The van der Waals surface area contributed by atoms with E-state index in [2.05, 4.69) is 12.2 Å². The summed E-state index contributed by atoms with van der Waals surface area (Å²) in [7, 11) is 0. The molecule has 1 saturated carbocycles. The van der Waals surface area contributed by atoms with Crippen LogP contribution in [0.2, 0.25) is 0 Å². The Balaban J connectivity index is 1.81. The molecule has 1 atom stereocenters. The third-order valence-corrected chi connectivity index (χ3v) is 4.60. The van der Waals surface area contributed by atoms with Crippen LogP contribution in [0.25, 0.3) is 0 Å². The highest BCUT2D eigenvalue weighted by Gasteiger charge is 2.33. The lowest BCUT2D eigenvalue weighted by Gasteiger charge is -2.30. The summed E-state index contributed by atoms with van der Waals surface area (Å²) >= 11 is 0. The van der Waals surface area contributed by atoms with E-state index in [1.807, 2.05) is 0 Å². The van der Waals surface area contributed by atoms with E-state index in [9.17, 15) is 4.39 Å². The van der Waals surface area contributed by atoms with E-state index in [0.717, 1.165) is 37.3 Å². The molecule has 3 rings (SSSR count). The summed E-state index contributed by atoms with van der Waals surface area (Å²) in [6, 6.07) is 4.92. The van der Waals surface area contributed by atoms with E-state index in [0.29, 0.717) is 5.92 Å². The first-order chi connectivity index (χ1) is 9.17. The standard InChI is InChI=1S/C16H22FNO/c1-16(8-3-9-18-16)14-10-13(17)6-7-15(14)19-11-12-4-2-5-12/h6-7,10,12,18H,2-5,8-9,11H2,1H3. The Morgan fingerprint density at radius 3 is 2.84 bits per heavy atom. The molecule has 0 spiro atoms. The molecule has 1 aromatic rings. The zero-order valence-corrected chi connectivity index (χ0v) is 11.5. The molecule has 1 aliphatic heterocycles. The zero-order valence-electron chi connectivity index (χ0n) is 11.5. The second kappa shape index (κ2) is 5.12. The Bertz CT molecular complexity index is 450. The first-order valence-corrected chi connectivity index (χ1v) is 7.35. The summed E-state index contributed by atoms with van der Waals surface area (Å²) in [6.45, 7) is 3.91. The summed E-state index contributed by atoms with van der Waals surface area (Å²) < 4.78 is 19.5. The van der Waals surface area contributed by atoms with Crippen LogP contribution in [-0.2, 0) is 5.54 Å². The van der Waals surface area contributed by atoms with Crippen molar-refractivity contribution in [3.05, 3.63) is 29.6 Å². The van der Waals surface area contributed by atoms with Gasteiger partial charge in [0.1, 0.15) is 11.6 Å². The van der Waals surface area contributed by atoms with E-state index < -0.39 is 0 Å². The molecule has 1 aliphatic carbocycles. The van der Waals surface area contributed by atoms with Crippen molar-refractivity contribution in [2.75, 3.05) is 13.2 Å². The van der Waals surface area contributed by atoms with Crippen LogP contribution in [-0.4, -0.2) is 13.2 Å². The number of nitrogens with one attached hydrogen (secondary N) is 1. The predicted octanol–water partition coefficient (Wildman–Crippen LogP) is 3.60. The largest absolute Gasteiger partial charge is 0.493 e. The summed E-state index contributed by atoms with van der Waals surface area (Å²) in [5.41, 5.74) is 0.834. The molecule has 3 heteroatoms. The summed E-state index contributed by atoms with van der Waals surface area (Å²) in [5, 5.41) is 3.49. The Morgan fingerprint density at radius 2 is 2.21 bits per heavy atom. The van der Waals surface area contributed by atoms with Gasteiger partial charge in [0.25, 0.3) is 0 Å². The Morgan fingerprint density at radius 1 is 1.37 bits per heavy atom. The smallest absolute Gasteiger partial charge is 0.124 e. The van der Waals surface area contributed by atoms with Crippen molar-refractivity contribution in [3.8, 4) is 5.75 Å². The van der Waals surface area contributed by atoms with Crippen LogP contribution in [0.15, 0.2) is 18.2 Å². The van der Waals surface area contributed by atoms with Gasteiger partial charge in [-0.2, -0.15) is 0 Å². The van der Waals surface area contributed by atoms with Crippen molar-refractivity contribution < 1.29 is 9.13 Å². The van der Waals surface area contributed by atoms with E-state index in [-0.39, 0.29) is 11.4 Å². The monoisotopic (exact) mass is 263 g/mol. The molecule has 0 aromatic heterocycles. The van der Waals surface area contributed by atoms with Crippen LogP contribution in [0.3, 0.4) is 0 Å². The van der Waals surface area contributed by atoms with Crippen molar-refractivity contribution in [1.29, 1.82) is 0 Å². The SMILES string of the molecule is CC1(c2cc(F)ccc2OCC2CCC2)CCCN1. The molecule has 19 heavy (non-hydrogen) atoms. The lowest BCUT2D eigenvalue weighted by atomic mass is 9.86. The molecule has 2 nitrogen and oxygen atoms in total.